The molecule has 0 bridgehead atoms. The summed E-state index contributed by atoms with van der Waals surface area (Å²) in [6.45, 7) is 0. The molecule has 7 heteroatoms. The second-order valence-corrected chi connectivity index (χ2v) is 6.65. The molecule has 0 spiro atoms. The predicted octanol–water partition coefficient (Wildman–Crippen LogP) is 3.60. The van der Waals surface area contributed by atoms with Crippen LogP contribution in [-0.4, -0.2) is 30.7 Å². The largest absolute Gasteiger partial charge is 0.443 e. The summed E-state index contributed by atoms with van der Waals surface area (Å²) in [5.74, 6) is -0.0460. The number of rotatable bonds is 4. The Morgan fingerprint density at radius 1 is 1.04 bits per heavy atom. The molecular weight excluding hydrogens is 354 g/mol. The van der Waals surface area contributed by atoms with Crippen LogP contribution in [0.5, 0.6) is 0 Å². The molecule has 0 N–H and O–H groups in total. The van der Waals surface area contributed by atoms with Crippen molar-refractivity contribution in [2.24, 2.45) is 7.05 Å². The van der Waals surface area contributed by atoms with Gasteiger partial charge in [0.25, 0.3) is 0 Å². The number of aromatic nitrogens is 5. The zero-order valence-corrected chi connectivity index (χ0v) is 15.0. The SMILES string of the molecule is Cn1cc(-c2ccc3nnc(CC(=O)c4ccc5ncoc5c4)cc3c2)cn1. The van der Waals surface area contributed by atoms with Gasteiger partial charge in [-0.25, -0.2) is 4.98 Å². The number of carbonyl (C=O) groups is 1. The predicted molar refractivity (Wildman–Crippen MR) is 104 cm³/mol. The third-order valence-electron chi connectivity index (χ3n) is 4.67. The summed E-state index contributed by atoms with van der Waals surface area (Å²) in [5, 5.41) is 13.6. The molecule has 0 radical (unpaired) electrons. The second kappa shape index (κ2) is 6.38. The first kappa shape index (κ1) is 16.3. The normalized spacial score (nSPS) is 11.3. The van der Waals surface area contributed by atoms with Gasteiger partial charge < -0.3 is 4.42 Å². The number of hydrogen-bond acceptors (Lipinski definition) is 6. The minimum absolute atomic E-state index is 0.0460. The van der Waals surface area contributed by atoms with Crippen LogP contribution < -0.4 is 0 Å². The smallest absolute Gasteiger partial charge is 0.181 e. The minimum atomic E-state index is -0.0460. The number of Topliss-reactive ketones (excluding diaryl/α,β-unsaturated/α-hetero) is 1. The third-order valence-corrected chi connectivity index (χ3v) is 4.67. The monoisotopic (exact) mass is 369 g/mol. The Kier molecular flexibility index (Phi) is 3.72. The van der Waals surface area contributed by atoms with Crippen LogP contribution in [0.25, 0.3) is 33.1 Å². The van der Waals surface area contributed by atoms with Gasteiger partial charge in [-0.15, -0.1) is 0 Å². The molecule has 0 aliphatic heterocycles. The lowest BCUT2D eigenvalue weighted by atomic mass is 10.0. The fourth-order valence-corrected chi connectivity index (χ4v) is 3.22. The van der Waals surface area contributed by atoms with Gasteiger partial charge in [0.05, 0.1) is 23.8 Å². The van der Waals surface area contributed by atoms with Crippen molar-refractivity contribution in [2.45, 2.75) is 6.42 Å². The molecule has 0 saturated carbocycles. The number of carbonyl (C=O) groups excluding carboxylic acids is 1. The number of aryl methyl sites for hydroxylation is 1. The van der Waals surface area contributed by atoms with Gasteiger partial charge in [-0.2, -0.15) is 15.3 Å². The van der Waals surface area contributed by atoms with E-state index in [-0.39, 0.29) is 12.2 Å². The van der Waals surface area contributed by atoms with Crippen LogP contribution in [0, 0.1) is 0 Å². The molecule has 0 aliphatic carbocycles. The highest BCUT2D eigenvalue weighted by molar-refractivity contribution is 6.00. The van der Waals surface area contributed by atoms with Crippen LogP contribution >= 0.6 is 0 Å². The van der Waals surface area contributed by atoms with Crippen molar-refractivity contribution in [2.75, 3.05) is 0 Å². The summed E-state index contributed by atoms with van der Waals surface area (Å²) >= 11 is 0. The van der Waals surface area contributed by atoms with E-state index in [1.54, 1.807) is 22.9 Å². The molecule has 0 unspecified atom stereocenters. The van der Waals surface area contributed by atoms with Crippen LogP contribution in [-0.2, 0) is 13.5 Å². The third kappa shape index (κ3) is 2.92. The lowest BCUT2D eigenvalue weighted by Gasteiger charge is -2.04. The van der Waals surface area contributed by atoms with Gasteiger partial charge in [-0.05, 0) is 42.0 Å². The summed E-state index contributed by atoms with van der Waals surface area (Å²) in [6.07, 6.45) is 5.31. The molecule has 5 rings (SSSR count). The van der Waals surface area contributed by atoms with E-state index in [2.05, 4.69) is 20.3 Å². The van der Waals surface area contributed by atoms with Crippen molar-refractivity contribution in [3.05, 3.63) is 72.5 Å². The summed E-state index contributed by atoms with van der Waals surface area (Å²) in [6, 6.07) is 13.1. The van der Waals surface area contributed by atoms with Crippen LogP contribution in [0.1, 0.15) is 16.1 Å². The molecule has 3 heterocycles. The van der Waals surface area contributed by atoms with E-state index in [4.69, 9.17) is 4.42 Å². The van der Waals surface area contributed by atoms with Crippen molar-refractivity contribution in [1.82, 2.24) is 25.0 Å². The van der Waals surface area contributed by atoms with E-state index in [9.17, 15) is 4.79 Å². The average molecular weight is 369 g/mol. The Morgan fingerprint density at radius 2 is 1.93 bits per heavy atom. The lowest BCUT2D eigenvalue weighted by Crippen LogP contribution is -2.06. The lowest BCUT2D eigenvalue weighted by molar-refractivity contribution is 0.0991. The van der Waals surface area contributed by atoms with Crippen molar-refractivity contribution in [3.63, 3.8) is 0 Å². The molecule has 136 valence electrons. The van der Waals surface area contributed by atoms with Gasteiger partial charge in [-0.1, -0.05) is 6.07 Å². The number of benzene rings is 2. The van der Waals surface area contributed by atoms with Crippen molar-refractivity contribution in [1.29, 1.82) is 0 Å². The quantitative estimate of drug-likeness (QED) is 0.450. The summed E-state index contributed by atoms with van der Waals surface area (Å²) in [5.41, 5.74) is 5.36. The number of oxazole rings is 1. The molecule has 5 aromatic rings. The zero-order chi connectivity index (χ0) is 19.1. The van der Waals surface area contributed by atoms with Crippen molar-refractivity contribution >= 4 is 27.8 Å². The fourth-order valence-electron chi connectivity index (χ4n) is 3.22. The van der Waals surface area contributed by atoms with Gasteiger partial charge >= 0.3 is 0 Å². The van der Waals surface area contributed by atoms with Crippen molar-refractivity contribution < 1.29 is 9.21 Å². The van der Waals surface area contributed by atoms with Gasteiger partial charge in [0.2, 0.25) is 0 Å². The highest BCUT2D eigenvalue weighted by Gasteiger charge is 2.12. The highest BCUT2D eigenvalue weighted by atomic mass is 16.3. The number of ketones is 1. The van der Waals surface area contributed by atoms with Gasteiger partial charge in [0, 0.05) is 29.8 Å². The Balaban J connectivity index is 1.45. The molecule has 28 heavy (non-hydrogen) atoms. The van der Waals surface area contributed by atoms with E-state index in [0.29, 0.717) is 16.8 Å². The van der Waals surface area contributed by atoms with Gasteiger partial charge in [0.1, 0.15) is 5.52 Å². The molecule has 0 amide bonds. The Hall–Kier alpha value is -3.87. The molecular formula is C21H15N5O2. The molecule has 0 aliphatic rings. The van der Waals surface area contributed by atoms with Crippen molar-refractivity contribution in [3.8, 4) is 11.1 Å². The maximum Gasteiger partial charge on any atom is 0.181 e. The Bertz CT molecular complexity index is 1340. The van der Waals surface area contributed by atoms with Crippen LogP contribution in [0.15, 0.2) is 65.7 Å². The fraction of sp³-hybridized carbons (Fsp3) is 0.0952. The van der Waals surface area contributed by atoms with Crippen LogP contribution in [0.2, 0.25) is 0 Å². The molecule has 3 aromatic heterocycles. The van der Waals surface area contributed by atoms with E-state index in [1.807, 2.05) is 43.7 Å². The minimum Gasteiger partial charge on any atom is -0.443 e. The second-order valence-electron chi connectivity index (χ2n) is 6.65. The Labute approximate surface area is 159 Å². The van der Waals surface area contributed by atoms with E-state index in [0.717, 1.165) is 27.5 Å². The first-order chi connectivity index (χ1) is 13.7. The topological polar surface area (TPSA) is 86.7 Å². The highest BCUT2D eigenvalue weighted by Crippen LogP contribution is 2.23. The van der Waals surface area contributed by atoms with Gasteiger partial charge in [-0.3, -0.25) is 9.48 Å². The molecule has 0 atom stereocenters. The first-order valence-corrected chi connectivity index (χ1v) is 8.77. The van der Waals surface area contributed by atoms with Gasteiger partial charge in [0.15, 0.2) is 17.8 Å². The maximum atomic E-state index is 12.7. The van der Waals surface area contributed by atoms with Crippen LogP contribution in [0.3, 0.4) is 0 Å². The summed E-state index contributed by atoms with van der Waals surface area (Å²) < 4.78 is 7.04. The average Bonchev–Trinajstić information content (AvgIpc) is 3.35. The molecule has 0 saturated heterocycles. The van der Waals surface area contributed by atoms with Crippen LogP contribution in [0.4, 0.5) is 0 Å². The standard InChI is InChI=1S/C21H15N5O2/c1-26-11-16(10-23-26)13-2-4-18-15(6-13)7-17(24-25-18)9-20(27)14-3-5-19-21(8-14)28-12-22-19/h2-8,10-12H,9H2,1H3. The first-order valence-electron chi connectivity index (χ1n) is 8.77. The Morgan fingerprint density at radius 3 is 2.79 bits per heavy atom. The maximum absolute atomic E-state index is 12.7. The zero-order valence-electron chi connectivity index (χ0n) is 15.0. The number of fused-ring (bicyclic) bond motifs is 2. The summed E-state index contributed by atoms with van der Waals surface area (Å²) in [7, 11) is 1.88. The summed E-state index contributed by atoms with van der Waals surface area (Å²) in [4.78, 5) is 16.7. The molecule has 0 fully saturated rings. The number of hydrogen-bond donors (Lipinski definition) is 0. The molecule has 7 nitrogen and oxygen atoms in total. The van der Waals surface area contributed by atoms with E-state index >= 15 is 0 Å². The molecule has 2 aromatic carbocycles. The van der Waals surface area contributed by atoms with E-state index < -0.39 is 0 Å². The van der Waals surface area contributed by atoms with E-state index in [1.165, 1.54) is 6.39 Å². The number of nitrogens with zero attached hydrogens (tertiary/aromatic N) is 5.